The van der Waals surface area contributed by atoms with Gasteiger partial charge in [0, 0.05) is 11.1 Å². The summed E-state index contributed by atoms with van der Waals surface area (Å²) >= 11 is 6.21. The Morgan fingerprint density at radius 1 is 1.40 bits per heavy atom. The Balaban J connectivity index is 2.18. The summed E-state index contributed by atoms with van der Waals surface area (Å²) in [5.74, 6) is 0.405. The maximum atomic E-state index is 13.4. The Kier molecular flexibility index (Phi) is 5.09. The molecule has 1 aliphatic carbocycles. The summed E-state index contributed by atoms with van der Waals surface area (Å²) in [6.07, 6.45) is 5.92. The van der Waals surface area contributed by atoms with E-state index in [0.717, 1.165) is 12.0 Å². The van der Waals surface area contributed by atoms with Crippen molar-refractivity contribution in [3.05, 3.63) is 34.6 Å². The fourth-order valence-electron chi connectivity index (χ4n) is 3.65. The first-order valence-electron chi connectivity index (χ1n) is 7.55. The average molecular weight is 298 g/mol. The molecule has 0 amide bonds. The van der Waals surface area contributed by atoms with Gasteiger partial charge in [0.25, 0.3) is 0 Å². The van der Waals surface area contributed by atoms with Gasteiger partial charge in [-0.2, -0.15) is 0 Å². The lowest BCUT2D eigenvalue weighted by atomic mass is 9.65. The minimum atomic E-state index is -0.206. The number of rotatable bonds is 4. The molecule has 2 atom stereocenters. The molecule has 1 N–H and O–H groups in total. The Labute approximate surface area is 126 Å². The van der Waals surface area contributed by atoms with Crippen molar-refractivity contribution in [1.29, 1.82) is 0 Å². The topological polar surface area (TPSA) is 12.0 Å². The lowest BCUT2D eigenvalue weighted by molar-refractivity contribution is 0.101. The summed E-state index contributed by atoms with van der Waals surface area (Å²) in [5.41, 5.74) is 1.25. The zero-order chi connectivity index (χ0) is 14.8. The van der Waals surface area contributed by atoms with E-state index >= 15 is 0 Å². The highest BCUT2D eigenvalue weighted by Crippen LogP contribution is 2.43. The lowest BCUT2D eigenvalue weighted by Gasteiger charge is -2.43. The molecule has 0 spiro atoms. The zero-order valence-corrected chi connectivity index (χ0v) is 13.4. The summed E-state index contributed by atoms with van der Waals surface area (Å²) in [6.45, 7) is 4.71. The van der Waals surface area contributed by atoms with Gasteiger partial charge < -0.3 is 5.32 Å². The highest BCUT2D eigenvalue weighted by atomic mass is 35.5. The van der Waals surface area contributed by atoms with Crippen molar-refractivity contribution in [2.75, 3.05) is 7.05 Å². The van der Waals surface area contributed by atoms with Crippen LogP contribution in [0, 0.1) is 17.2 Å². The molecule has 1 aromatic carbocycles. The SMILES string of the molecule is CNC(Cc1cc(F)ccc1Cl)C1CCCCC1(C)C. The van der Waals surface area contributed by atoms with Crippen LogP contribution >= 0.6 is 11.6 Å². The molecule has 0 aliphatic heterocycles. The molecule has 20 heavy (non-hydrogen) atoms. The molecule has 1 nitrogen and oxygen atoms in total. The molecule has 2 unspecified atom stereocenters. The number of hydrogen-bond acceptors (Lipinski definition) is 1. The normalized spacial score (nSPS) is 23.6. The van der Waals surface area contributed by atoms with Crippen LogP contribution in [0.15, 0.2) is 18.2 Å². The largest absolute Gasteiger partial charge is 0.316 e. The number of benzene rings is 1. The molecule has 112 valence electrons. The maximum absolute atomic E-state index is 13.4. The van der Waals surface area contributed by atoms with Gasteiger partial charge in [-0.25, -0.2) is 4.39 Å². The molecule has 3 heteroatoms. The van der Waals surface area contributed by atoms with Crippen LogP contribution < -0.4 is 5.32 Å². The predicted octanol–water partition coefficient (Wildman–Crippen LogP) is 4.83. The van der Waals surface area contributed by atoms with Crippen molar-refractivity contribution in [3.63, 3.8) is 0 Å². The molecule has 0 saturated heterocycles. The van der Waals surface area contributed by atoms with Crippen molar-refractivity contribution >= 4 is 11.6 Å². The quantitative estimate of drug-likeness (QED) is 0.839. The second kappa shape index (κ2) is 6.44. The number of nitrogens with one attached hydrogen (secondary N) is 1. The van der Waals surface area contributed by atoms with Crippen LogP contribution in [0.3, 0.4) is 0 Å². The molecule has 0 radical (unpaired) electrons. The summed E-state index contributed by atoms with van der Waals surface area (Å²) in [6, 6.07) is 5.00. The van der Waals surface area contributed by atoms with Crippen LogP contribution in [0.2, 0.25) is 5.02 Å². The average Bonchev–Trinajstić information content (AvgIpc) is 2.40. The monoisotopic (exact) mass is 297 g/mol. The predicted molar refractivity (Wildman–Crippen MR) is 83.7 cm³/mol. The summed E-state index contributed by atoms with van der Waals surface area (Å²) in [7, 11) is 2.00. The molecular formula is C17H25ClFN. The first-order chi connectivity index (χ1) is 9.44. The highest BCUT2D eigenvalue weighted by Gasteiger charge is 2.37. The third kappa shape index (κ3) is 3.53. The van der Waals surface area contributed by atoms with E-state index in [4.69, 9.17) is 11.6 Å². The molecule has 1 saturated carbocycles. The van der Waals surface area contributed by atoms with Crippen LogP contribution in [-0.4, -0.2) is 13.1 Å². The third-order valence-corrected chi connectivity index (χ3v) is 5.26. The van der Waals surface area contributed by atoms with Gasteiger partial charge in [-0.3, -0.25) is 0 Å². The first kappa shape index (κ1) is 15.8. The van der Waals surface area contributed by atoms with Gasteiger partial charge in [-0.15, -0.1) is 0 Å². The Morgan fingerprint density at radius 2 is 2.15 bits per heavy atom. The van der Waals surface area contributed by atoms with Crippen molar-refractivity contribution in [2.45, 2.75) is 52.0 Å². The van der Waals surface area contributed by atoms with E-state index < -0.39 is 0 Å². The lowest BCUT2D eigenvalue weighted by Crippen LogP contribution is -2.44. The van der Waals surface area contributed by atoms with Gasteiger partial charge >= 0.3 is 0 Å². The van der Waals surface area contributed by atoms with E-state index in [2.05, 4.69) is 19.2 Å². The summed E-state index contributed by atoms with van der Waals surface area (Å²) in [4.78, 5) is 0. The van der Waals surface area contributed by atoms with Crippen molar-refractivity contribution < 1.29 is 4.39 Å². The van der Waals surface area contributed by atoms with Crippen LogP contribution in [-0.2, 0) is 6.42 Å². The highest BCUT2D eigenvalue weighted by molar-refractivity contribution is 6.31. The van der Waals surface area contributed by atoms with Crippen LogP contribution in [0.25, 0.3) is 0 Å². The molecule has 2 rings (SSSR count). The Morgan fingerprint density at radius 3 is 2.80 bits per heavy atom. The van der Waals surface area contributed by atoms with Gasteiger partial charge in [0.15, 0.2) is 0 Å². The fourth-order valence-corrected chi connectivity index (χ4v) is 3.84. The minimum absolute atomic E-state index is 0.206. The minimum Gasteiger partial charge on any atom is -0.316 e. The first-order valence-corrected chi connectivity index (χ1v) is 7.93. The Bertz CT molecular complexity index is 458. The number of halogens is 2. The van der Waals surface area contributed by atoms with Crippen LogP contribution in [0.1, 0.15) is 45.1 Å². The van der Waals surface area contributed by atoms with E-state index in [0.29, 0.717) is 22.4 Å². The van der Waals surface area contributed by atoms with E-state index in [9.17, 15) is 4.39 Å². The molecule has 1 aliphatic rings. The zero-order valence-electron chi connectivity index (χ0n) is 12.7. The molecule has 0 aromatic heterocycles. The van der Waals surface area contributed by atoms with Crippen molar-refractivity contribution in [1.82, 2.24) is 5.32 Å². The smallest absolute Gasteiger partial charge is 0.123 e. The maximum Gasteiger partial charge on any atom is 0.123 e. The van der Waals surface area contributed by atoms with Gasteiger partial charge in [-0.05, 0) is 61.4 Å². The fraction of sp³-hybridized carbons (Fsp3) is 0.647. The summed E-state index contributed by atoms with van der Waals surface area (Å²) < 4.78 is 13.4. The third-order valence-electron chi connectivity index (χ3n) is 4.89. The van der Waals surface area contributed by atoms with E-state index in [1.807, 2.05) is 7.05 Å². The van der Waals surface area contributed by atoms with Gasteiger partial charge in [0.05, 0.1) is 0 Å². The molecule has 0 bridgehead atoms. The van der Waals surface area contributed by atoms with E-state index in [1.54, 1.807) is 12.1 Å². The Hall–Kier alpha value is -0.600. The molecular weight excluding hydrogens is 273 g/mol. The van der Waals surface area contributed by atoms with Gasteiger partial charge in [-0.1, -0.05) is 38.3 Å². The molecule has 1 fully saturated rings. The van der Waals surface area contributed by atoms with Crippen molar-refractivity contribution in [2.24, 2.45) is 11.3 Å². The van der Waals surface area contributed by atoms with Gasteiger partial charge in [0.2, 0.25) is 0 Å². The van der Waals surface area contributed by atoms with E-state index in [-0.39, 0.29) is 5.82 Å². The molecule has 1 aromatic rings. The number of likely N-dealkylation sites (N-methyl/N-ethyl adjacent to an activating group) is 1. The standard InChI is InChI=1S/C17H25ClFN/c1-17(2)9-5-4-6-14(17)16(20-3)11-12-10-13(19)7-8-15(12)18/h7-8,10,14,16,20H,4-6,9,11H2,1-3H3. The molecule has 0 heterocycles. The second-order valence-corrected chi connectivity index (χ2v) is 7.08. The van der Waals surface area contributed by atoms with Crippen molar-refractivity contribution in [3.8, 4) is 0 Å². The van der Waals surface area contributed by atoms with E-state index in [1.165, 1.54) is 31.7 Å². The van der Waals surface area contributed by atoms with Crippen LogP contribution in [0.5, 0.6) is 0 Å². The number of hydrogen-bond donors (Lipinski definition) is 1. The summed E-state index contributed by atoms with van der Waals surface area (Å²) in [5, 5.41) is 4.11. The van der Waals surface area contributed by atoms with Crippen LogP contribution in [0.4, 0.5) is 4.39 Å². The second-order valence-electron chi connectivity index (χ2n) is 6.68. The van der Waals surface area contributed by atoms with Gasteiger partial charge in [0.1, 0.15) is 5.82 Å².